The van der Waals surface area contributed by atoms with Crippen molar-refractivity contribution in [2.75, 3.05) is 38.8 Å². The predicted octanol–water partition coefficient (Wildman–Crippen LogP) is 5.99. The molecule has 270 valence electrons. The van der Waals surface area contributed by atoms with Crippen molar-refractivity contribution in [2.45, 2.75) is 37.8 Å². The second kappa shape index (κ2) is 14.9. The van der Waals surface area contributed by atoms with E-state index in [4.69, 9.17) is 37.4 Å². The third kappa shape index (κ3) is 7.08. The number of amides is 1. The zero-order valence-corrected chi connectivity index (χ0v) is 30.2. The number of pyridine rings is 1. The first-order chi connectivity index (χ1) is 25.1. The van der Waals surface area contributed by atoms with Crippen LogP contribution in [-0.4, -0.2) is 67.1 Å². The van der Waals surface area contributed by atoms with E-state index in [0.29, 0.717) is 51.9 Å². The summed E-state index contributed by atoms with van der Waals surface area (Å²) in [4.78, 5) is 34.2. The van der Waals surface area contributed by atoms with Gasteiger partial charge in [0.15, 0.2) is 11.5 Å². The number of rotatable bonds is 11. The van der Waals surface area contributed by atoms with E-state index in [2.05, 4.69) is 9.88 Å². The molecule has 3 aromatic carbocycles. The summed E-state index contributed by atoms with van der Waals surface area (Å²) in [6.07, 6.45) is 5.86. The number of halogens is 2. The van der Waals surface area contributed by atoms with Crippen LogP contribution in [0.5, 0.6) is 11.5 Å². The largest absolute Gasteiger partial charge is 0.545 e. The smallest absolute Gasteiger partial charge is 0.414 e. The van der Waals surface area contributed by atoms with Gasteiger partial charge in [0.25, 0.3) is 0 Å². The number of para-hydroxylation sites is 1. The normalized spacial score (nSPS) is 18.6. The minimum Gasteiger partial charge on any atom is -0.545 e. The van der Waals surface area contributed by atoms with E-state index in [1.807, 2.05) is 36.5 Å². The van der Waals surface area contributed by atoms with Crippen molar-refractivity contribution in [1.82, 2.24) is 9.88 Å². The van der Waals surface area contributed by atoms with Crippen molar-refractivity contribution >= 4 is 51.9 Å². The lowest BCUT2D eigenvalue weighted by molar-refractivity contribution is -0.904. The Morgan fingerprint density at radius 3 is 2.44 bits per heavy atom. The Morgan fingerprint density at radius 1 is 1.02 bits per heavy atom. The summed E-state index contributed by atoms with van der Waals surface area (Å²) in [5, 5.41) is 24.1. The first kappa shape index (κ1) is 35.4. The molecule has 3 saturated heterocycles. The highest BCUT2D eigenvalue weighted by Gasteiger charge is 2.38. The Morgan fingerprint density at radius 2 is 1.77 bits per heavy atom. The molecule has 0 saturated carbocycles. The van der Waals surface area contributed by atoms with Gasteiger partial charge in [-0.05, 0) is 79.2 Å². The number of carboxylic acid groups (broad SMARTS) is 1. The number of hydrogen-bond acceptors (Lipinski definition) is 8. The molecule has 13 heteroatoms. The number of carboxylic acids is 1. The van der Waals surface area contributed by atoms with Crippen LogP contribution in [0.1, 0.15) is 51.4 Å². The first-order valence-corrected chi connectivity index (χ1v) is 17.8. The molecule has 11 nitrogen and oxygen atoms in total. The molecular weight excluding hydrogens is 707 g/mol. The van der Waals surface area contributed by atoms with E-state index in [-0.39, 0.29) is 34.7 Å². The molecule has 2 bridgehead atoms. The first-order valence-electron chi connectivity index (χ1n) is 17.0. The summed E-state index contributed by atoms with van der Waals surface area (Å²) < 4.78 is 18.1. The lowest BCUT2D eigenvalue weighted by Crippen LogP contribution is -2.53. The van der Waals surface area contributed by atoms with Crippen molar-refractivity contribution in [2.24, 2.45) is 5.92 Å². The van der Waals surface area contributed by atoms with Crippen LogP contribution in [0.15, 0.2) is 79.3 Å². The van der Waals surface area contributed by atoms with E-state index in [1.165, 1.54) is 32.7 Å². The average molecular weight is 746 g/mol. The number of carbonyl (C=O) groups is 2. The Kier molecular flexibility index (Phi) is 10.2. The van der Waals surface area contributed by atoms with Gasteiger partial charge in [0.2, 0.25) is 12.4 Å². The average Bonchev–Trinajstić information content (AvgIpc) is 3.63. The van der Waals surface area contributed by atoms with Crippen LogP contribution >= 0.6 is 23.2 Å². The molecule has 5 aromatic rings. The highest BCUT2D eigenvalue weighted by atomic mass is 35.5. The molecule has 2 aromatic heterocycles. The summed E-state index contributed by atoms with van der Waals surface area (Å²) in [7, 11) is 3.05. The minimum atomic E-state index is -1.37. The number of benzene rings is 3. The van der Waals surface area contributed by atoms with Crippen molar-refractivity contribution in [1.29, 1.82) is 0 Å². The van der Waals surface area contributed by atoms with Crippen molar-refractivity contribution in [3.8, 4) is 11.5 Å². The van der Waals surface area contributed by atoms with Gasteiger partial charge in [-0.25, -0.2) is 4.79 Å². The maximum atomic E-state index is 14.2. The van der Waals surface area contributed by atoms with Gasteiger partial charge in [-0.2, -0.15) is 0 Å². The quantitative estimate of drug-likeness (QED) is 0.125. The number of aromatic amines is 1. The second-order valence-electron chi connectivity index (χ2n) is 13.3. The van der Waals surface area contributed by atoms with Crippen molar-refractivity contribution in [3.05, 3.63) is 117 Å². The van der Waals surface area contributed by atoms with E-state index >= 15 is 0 Å². The molecule has 2 N–H and O–H groups in total. The molecule has 1 amide bonds. The summed E-state index contributed by atoms with van der Waals surface area (Å²) in [5.41, 5.74) is 3.59. The topological polar surface area (TPSA) is 131 Å². The number of fused-ring (bicyclic) bond motifs is 4. The predicted molar refractivity (Wildman–Crippen MR) is 194 cm³/mol. The van der Waals surface area contributed by atoms with Gasteiger partial charge >= 0.3 is 6.09 Å². The minimum absolute atomic E-state index is 0.0446. The highest BCUT2D eigenvalue weighted by Crippen LogP contribution is 2.40. The van der Waals surface area contributed by atoms with Crippen LogP contribution in [0.3, 0.4) is 0 Å². The fourth-order valence-corrected chi connectivity index (χ4v) is 8.17. The fourth-order valence-electron chi connectivity index (χ4n) is 7.56. The molecule has 3 fully saturated rings. The zero-order valence-electron chi connectivity index (χ0n) is 28.7. The number of aromatic carboxylic acids is 1. The van der Waals surface area contributed by atoms with Crippen LogP contribution in [-0.2, 0) is 17.7 Å². The maximum Gasteiger partial charge on any atom is 0.414 e. The van der Waals surface area contributed by atoms with Gasteiger partial charge in [0.05, 0.1) is 37.9 Å². The molecule has 3 aliphatic heterocycles. The van der Waals surface area contributed by atoms with Gasteiger partial charge in [0, 0.05) is 39.9 Å². The molecular formula is C39H38Cl2N4O7. The molecule has 3 aliphatic rings. The number of H-pyrrole nitrogens is 1. The monoisotopic (exact) mass is 744 g/mol. The number of piperidine rings is 3. The zero-order chi connectivity index (χ0) is 36.5. The molecule has 0 unspecified atom stereocenters. The lowest BCUT2D eigenvalue weighted by atomic mass is 9.82. The molecule has 0 aliphatic carbocycles. The van der Waals surface area contributed by atoms with Crippen LogP contribution < -0.4 is 24.2 Å². The third-order valence-electron chi connectivity index (χ3n) is 10.3. The van der Waals surface area contributed by atoms with Gasteiger partial charge in [-0.1, -0.05) is 59.6 Å². The Labute approximate surface area is 310 Å². The molecule has 8 rings (SSSR count). The summed E-state index contributed by atoms with van der Waals surface area (Å²) in [6, 6.07) is 17.9. The summed E-state index contributed by atoms with van der Waals surface area (Å²) in [6.45, 7) is 2.81. The number of carbonyl (C=O) groups excluding carboxylic acids is 2. The number of nitrogens with one attached hydrogen (secondary N) is 1. The summed E-state index contributed by atoms with van der Waals surface area (Å²) >= 11 is 13.2. The summed E-state index contributed by atoms with van der Waals surface area (Å²) in [5.74, 6) is -0.788. The Bertz CT molecular complexity index is 2110. The maximum absolute atomic E-state index is 14.2. The lowest BCUT2D eigenvalue weighted by Gasteiger charge is -2.44. The molecule has 2 atom stereocenters. The third-order valence-corrected chi connectivity index (χ3v) is 10.9. The second-order valence-corrected chi connectivity index (χ2v) is 14.1. The number of aromatic nitrogens is 2. The van der Waals surface area contributed by atoms with Crippen LogP contribution in [0.25, 0.3) is 10.9 Å². The van der Waals surface area contributed by atoms with Gasteiger partial charge in [-0.15, -0.1) is 0 Å². The fraction of sp³-hybridized carbons (Fsp3) is 0.308. The molecule has 0 radical (unpaired) electrons. The van der Waals surface area contributed by atoms with E-state index < -0.39 is 18.0 Å². The molecule has 5 heterocycles. The molecule has 52 heavy (non-hydrogen) atoms. The van der Waals surface area contributed by atoms with Gasteiger partial charge in [0.1, 0.15) is 16.1 Å². The number of nitrogens with zero attached hydrogens (tertiary/aromatic N) is 3. The van der Waals surface area contributed by atoms with Crippen LogP contribution in [0.4, 0.5) is 10.5 Å². The van der Waals surface area contributed by atoms with E-state index in [9.17, 15) is 19.9 Å². The Balaban J connectivity index is 1.32. The van der Waals surface area contributed by atoms with E-state index in [0.717, 1.165) is 41.6 Å². The SMILES string of the molecule is COc1ccc([C@H](Cc2c(Cl)c[n+](O)cc2Cl)c2cc(CN(C(=O)O[C@H]3CN4CCC3CC4)c3cccc4cc[nH]c34)ccc2C(=O)[O-])cc1OC. The van der Waals surface area contributed by atoms with Gasteiger partial charge < -0.3 is 29.1 Å². The van der Waals surface area contributed by atoms with Crippen molar-refractivity contribution < 1.29 is 38.8 Å². The van der Waals surface area contributed by atoms with Crippen LogP contribution in [0.2, 0.25) is 10.0 Å². The van der Waals surface area contributed by atoms with Gasteiger partial charge in [-0.3, -0.25) is 15.0 Å². The highest BCUT2D eigenvalue weighted by molar-refractivity contribution is 6.35. The number of ether oxygens (including phenoxy) is 3. The van der Waals surface area contributed by atoms with Crippen molar-refractivity contribution in [3.63, 3.8) is 0 Å². The standard InChI is InChI=1S/C39H38Cl2N4O7/c1-50-34-9-7-26(17-35(34)51-2)28(18-30-31(40)20-44(49)21-32(30)41)29-16-23(6-8-27(29)38(46)47)19-45(33-5-3-4-25-10-13-42-37(25)33)39(48)52-36-22-43-14-11-24(36)12-15-43/h3-10,13,16-17,20-21,24,28,36,42H,11-12,14-15,18-19,22H2,1-2H3,(H-,46,47,49)/t28-,36-/m0/s1. The number of methoxy groups -OCH3 is 2. The molecule has 0 spiro atoms. The Hall–Kier alpha value is -4.97. The van der Waals surface area contributed by atoms with Crippen LogP contribution in [0, 0.1) is 5.92 Å². The number of anilines is 1. The number of hydrogen-bond donors (Lipinski definition) is 2. The van der Waals surface area contributed by atoms with E-state index in [1.54, 1.807) is 29.2 Å².